The van der Waals surface area contributed by atoms with E-state index in [1.165, 1.54) is 12.1 Å². The predicted molar refractivity (Wildman–Crippen MR) is 71.7 cm³/mol. The topological polar surface area (TPSA) is 66.4 Å². The molecule has 0 aliphatic rings. The Kier molecular flexibility index (Phi) is 5.31. The largest absolute Gasteiger partial charge is 0.389 e. The second-order valence-corrected chi connectivity index (χ2v) is 6.59. The first-order valence-electron chi connectivity index (χ1n) is 6.10. The Hall–Kier alpha value is -0.910. The second-order valence-electron chi connectivity index (χ2n) is 4.83. The summed E-state index contributed by atoms with van der Waals surface area (Å²) >= 11 is 0. The Bertz CT molecular complexity index is 464. The fraction of sp³-hybridized carbons (Fsp3) is 0.538. The quantitative estimate of drug-likeness (QED) is 0.832. The minimum absolute atomic E-state index is 0.232. The Morgan fingerprint density at radius 2 is 1.72 bits per heavy atom. The molecular formula is C13H21NO3S. The Morgan fingerprint density at radius 1 is 1.17 bits per heavy atom. The average Bonchev–Trinajstić information content (AvgIpc) is 2.28. The van der Waals surface area contributed by atoms with Crippen LogP contribution in [-0.2, 0) is 10.0 Å². The van der Waals surface area contributed by atoms with E-state index in [2.05, 4.69) is 4.72 Å². The van der Waals surface area contributed by atoms with Gasteiger partial charge in [0.2, 0.25) is 10.0 Å². The molecular weight excluding hydrogens is 250 g/mol. The molecule has 0 aliphatic carbocycles. The molecule has 18 heavy (non-hydrogen) atoms. The van der Waals surface area contributed by atoms with Gasteiger partial charge in [-0.05, 0) is 37.0 Å². The summed E-state index contributed by atoms with van der Waals surface area (Å²) in [6.07, 6.45) is 0.223. The zero-order valence-electron chi connectivity index (χ0n) is 11.1. The normalized spacial score (nSPS) is 13.8. The molecule has 1 aromatic rings. The van der Waals surface area contributed by atoms with Gasteiger partial charge in [-0.25, -0.2) is 13.1 Å². The summed E-state index contributed by atoms with van der Waals surface area (Å²) in [5.74, 6) is 0.463. The molecule has 0 bridgehead atoms. The van der Waals surface area contributed by atoms with Gasteiger partial charge >= 0.3 is 0 Å². The highest BCUT2D eigenvalue weighted by Crippen LogP contribution is 2.15. The SMILES string of the molecule is CC(C)CCNS(=O)(=O)c1ccc(C(C)O)cc1. The minimum atomic E-state index is -3.43. The van der Waals surface area contributed by atoms with E-state index < -0.39 is 16.1 Å². The second kappa shape index (κ2) is 6.31. The van der Waals surface area contributed by atoms with E-state index in [1.54, 1.807) is 19.1 Å². The van der Waals surface area contributed by atoms with Crippen LogP contribution in [0.3, 0.4) is 0 Å². The molecule has 0 aromatic heterocycles. The molecule has 4 nitrogen and oxygen atoms in total. The summed E-state index contributed by atoms with van der Waals surface area (Å²) in [7, 11) is -3.43. The number of hydrogen-bond acceptors (Lipinski definition) is 3. The van der Waals surface area contributed by atoms with Gasteiger partial charge in [-0.3, -0.25) is 0 Å². The van der Waals surface area contributed by atoms with E-state index in [-0.39, 0.29) is 4.90 Å². The molecule has 1 unspecified atom stereocenters. The van der Waals surface area contributed by atoms with Crippen LogP contribution in [0.2, 0.25) is 0 Å². The van der Waals surface area contributed by atoms with Crippen LogP contribution in [0.1, 0.15) is 38.9 Å². The van der Waals surface area contributed by atoms with Crippen molar-refractivity contribution in [2.75, 3.05) is 6.54 Å². The van der Waals surface area contributed by atoms with Crippen LogP contribution in [0.15, 0.2) is 29.2 Å². The van der Waals surface area contributed by atoms with E-state index in [1.807, 2.05) is 13.8 Å². The third-order valence-electron chi connectivity index (χ3n) is 2.69. The maximum atomic E-state index is 11.9. The lowest BCUT2D eigenvalue weighted by Gasteiger charge is -2.09. The van der Waals surface area contributed by atoms with Gasteiger partial charge in [0.15, 0.2) is 0 Å². The molecule has 0 fully saturated rings. The van der Waals surface area contributed by atoms with Gasteiger partial charge in [0.05, 0.1) is 11.0 Å². The first-order valence-corrected chi connectivity index (χ1v) is 7.59. The summed E-state index contributed by atoms with van der Waals surface area (Å²) in [6.45, 7) is 6.18. The van der Waals surface area contributed by atoms with Gasteiger partial charge in [0, 0.05) is 6.54 Å². The molecule has 0 heterocycles. The van der Waals surface area contributed by atoms with Gasteiger partial charge < -0.3 is 5.11 Å². The lowest BCUT2D eigenvalue weighted by atomic mass is 10.1. The van der Waals surface area contributed by atoms with Crippen molar-refractivity contribution in [1.82, 2.24) is 4.72 Å². The van der Waals surface area contributed by atoms with E-state index in [9.17, 15) is 13.5 Å². The number of sulfonamides is 1. The van der Waals surface area contributed by atoms with E-state index in [0.29, 0.717) is 18.0 Å². The van der Waals surface area contributed by atoms with Crippen LogP contribution in [0, 0.1) is 5.92 Å². The number of nitrogens with one attached hydrogen (secondary N) is 1. The monoisotopic (exact) mass is 271 g/mol. The maximum Gasteiger partial charge on any atom is 0.240 e. The first kappa shape index (κ1) is 15.1. The molecule has 0 radical (unpaired) electrons. The van der Waals surface area contributed by atoms with Crippen molar-refractivity contribution in [2.45, 2.75) is 38.2 Å². The van der Waals surface area contributed by atoms with Crippen molar-refractivity contribution in [3.63, 3.8) is 0 Å². The van der Waals surface area contributed by atoms with Crippen molar-refractivity contribution in [3.8, 4) is 0 Å². The molecule has 1 atom stereocenters. The number of benzene rings is 1. The van der Waals surface area contributed by atoms with Crippen LogP contribution in [0.5, 0.6) is 0 Å². The number of aliphatic hydroxyl groups excluding tert-OH is 1. The van der Waals surface area contributed by atoms with E-state index in [4.69, 9.17) is 0 Å². The van der Waals surface area contributed by atoms with Crippen molar-refractivity contribution in [2.24, 2.45) is 5.92 Å². The van der Waals surface area contributed by atoms with Gasteiger partial charge in [-0.15, -0.1) is 0 Å². The van der Waals surface area contributed by atoms with Gasteiger partial charge in [0.1, 0.15) is 0 Å². The zero-order chi connectivity index (χ0) is 13.8. The third kappa shape index (κ3) is 4.40. The van der Waals surface area contributed by atoms with Crippen LogP contribution < -0.4 is 4.72 Å². The van der Waals surface area contributed by atoms with Gasteiger partial charge in [-0.2, -0.15) is 0 Å². The lowest BCUT2D eigenvalue weighted by molar-refractivity contribution is 0.199. The standard InChI is InChI=1S/C13H21NO3S/c1-10(2)8-9-14-18(16,17)13-6-4-12(5-7-13)11(3)15/h4-7,10-11,14-15H,8-9H2,1-3H3. The lowest BCUT2D eigenvalue weighted by Crippen LogP contribution is -2.25. The fourth-order valence-electron chi connectivity index (χ4n) is 1.49. The first-order chi connectivity index (χ1) is 8.33. The van der Waals surface area contributed by atoms with Gasteiger partial charge in [-0.1, -0.05) is 26.0 Å². The Balaban J connectivity index is 2.73. The highest BCUT2D eigenvalue weighted by molar-refractivity contribution is 7.89. The molecule has 1 rings (SSSR count). The third-order valence-corrected chi connectivity index (χ3v) is 4.16. The molecule has 1 aromatic carbocycles. The summed E-state index contributed by atoms with van der Waals surface area (Å²) in [5, 5.41) is 9.35. The minimum Gasteiger partial charge on any atom is -0.389 e. The molecule has 0 aliphatic heterocycles. The molecule has 0 spiro atoms. The van der Waals surface area contributed by atoms with Crippen LogP contribution in [0.25, 0.3) is 0 Å². The fourth-order valence-corrected chi connectivity index (χ4v) is 2.54. The van der Waals surface area contributed by atoms with Crippen molar-refractivity contribution in [3.05, 3.63) is 29.8 Å². The van der Waals surface area contributed by atoms with Gasteiger partial charge in [0.25, 0.3) is 0 Å². The zero-order valence-corrected chi connectivity index (χ0v) is 11.9. The summed E-state index contributed by atoms with van der Waals surface area (Å²) in [6, 6.07) is 6.28. The van der Waals surface area contributed by atoms with Crippen LogP contribution in [-0.4, -0.2) is 20.1 Å². The Labute approximate surface area is 109 Å². The van der Waals surface area contributed by atoms with Crippen molar-refractivity contribution in [1.29, 1.82) is 0 Å². The van der Waals surface area contributed by atoms with Crippen LogP contribution in [0.4, 0.5) is 0 Å². The molecule has 0 amide bonds. The molecule has 5 heteroatoms. The molecule has 2 N–H and O–H groups in total. The summed E-state index contributed by atoms with van der Waals surface area (Å²) in [5.41, 5.74) is 0.705. The summed E-state index contributed by atoms with van der Waals surface area (Å²) in [4.78, 5) is 0.232. The molecule has 0 saturated heterocycles. The average molecular weight is 271 g/mol. The highest BCUT2D eigenvalue weighted by Gasteiger charge is 2.13. The maximum absolute atomic E-state index is 11.9. The van der Waals surface area contributed by atoms with E-state index >= 15 is 0 Å². The Morgan fingerprint density at radius 3 is 2.17 bits per heavy atom. The van der Waals surface area contributed by atoms with Crippen LogP contribution >= 0.6 is 0 Å². The summed E-state index contributed by atoms with van der Waals surface area (Å²) < 4.78 is 26.4. The predicted octanol–water partition coefficient (Wildman–Crippen LogP) is 2.06. The molecule has 102 valence electrons. The number of rotatable bonds is 6. The smallest absolute Gasteiger partial charge is 0.240 e. The highest BCUT2D eigenvalue weighted by atomic mass is 32.2. The number of hydrogen-bond donors (Lipinski definition) is 2. The number of aliphatic hydroxyl groups is 1. The van der Waals surface area contributed by atoms with E-state index in [0.717, 1.165) is 6.42 Å². The molecule has 0 saturated carbocycles. The van der Waals surface area contributed by atoms with Crippen molar-refractivity contribution < 1.29 is 13.5 Å². The van der Waals surface area contributed by atoms with Crippen molar-refractivity contribution >= 4 is 10.0 Å².